The third kappa shape index (κ3) is 2.71. The lowest BCUT2D eigenvalue weighted by molar-refractivity contribution is -0.136. The Hall–Kier alpha value is -2.01. The molecule has 19 heavy (non-hydrogen) atoms. The van der Waals surface area contributed by atoms with Crippen molar-refractivity contribution in [3.05, 3.63) is 46.1 Å². The number of rotatable bonds is 2. The van der Waals surface area contributed by atoms with Gasteiger partial charge in [0.15, 0.2) is 0 Å². The number of nitrogens with one attached hydrogen (secondary N) is 2. The van der Waals surface area contributed by atoms with Crippen molar-refractivity contribution in [2.24, 2.45) is 0 Å². The van der Waals surface area contributed by atoms with E-state index in [4.69, 9.17) is 16.3 Å². The molecule has 0 saturated carbocycles. The summed E-state index contributed by atoms with van der Waals surface area (Å²) in [5.41, 5.74) is 1.56. The van der Waals surface area contributed by atoms with E-state index >= 15 is 0 Å². The highest BCUT2D eigenvalue weighted by Gasteiger charge is 2.31. The molecule has 0 aromatic heterocycles. The van der Waals surface area contributed by atoms with Gasteiger partial charge in [0.25, 0.3) is 0 Å². The Morgan fingerprint density at radius 3 is 2.79 bits per heavy atom. The molecule has 1 aliphatic rings. The Labute approximate surface area is 115 Å². The van der Waals surface area contributed by atoms with E-state index in [0.717, 1.165) is 5.56 Å². The van der Waals surface area contributed by atoms with Gasteiger partial charge in [0.2, 0.25) is 0 Å². The minimum Gasteiger partial charge on any atom is -0.466 e. The second-order valence-electron chi connectivity index (χ2n) is 4.12. The van der Waals surface area contributed by atoms with Gasteiger partial charge in [0.05, 0.1) is 18.7 Å². The topological polar surface area (TPSA) is 67.4 Å². The van der Waals surface area contributed by atoms with E-state index in [1.54, 1.807) is 31.2 Å². The van der Waals surface area contributed by atoms with Gasteiger partial charge in [-0.1, -0.05) is 23.7 Å². The van der Waals surface area contributed by atoms with Gasteiger partial charge >= 0.3 is 12.0 Å². The molecule has 1 aliphatic heterocycles. The number of carbonyl (C=O) groups excluding carboxylic acids is 2. The maximum absolute atomic E-state index is 11.8. The van der Waals surface area contributed by atoms with Gasteiger partial charge in [-0.3, -0.25) is 0 Å². The zero-order valence-electron chi connectivity index (χ0n) is 10.5. The van der Waals surface area contributed by atoms with Crippen LogP contribution in [0.5, 0.6) is 0 Å². The lowest BCUT2D eigenvalue weighted by atomic mass is 9.96. The van der Waals surface area contributed by atoms with Crippen LogP contribution >= 0.6 is 11.6 Å². The maximum Gasteiger partial charge on any atom is 0.337 e. The second-order valence-corrected chi connectivity index (χ2v) is 4.55. The molecule has 0 spiro atoms. The summed E-state index contributed by atoms with van der Waals surface area (Å²) < 4.78 is 4.76. The standard InChI is InChI=1S/C13H13ClN2O3/c1-7-10(12(17)19-2)11(16-13(18)15-7)8-4-3-5-9(14)6-8/h3-6,11H,1-2H3,(H2,15,16,18)/t11-/m1/s1. The minimum atomic E-state index is -0.570. The normalized spacial score (nSPS) is 18.7. The summed E-state index contributed by atoms with van der Waals surface area (Å²) >= 11 is 5.94. The summed E-state index contributed by atoms with van der Waals surface area (Å²) in [6, 6.07) is 6.04. The molecule has 0 unspecified atom stereocenters. The Morgan fingerprint density at radius 1 is 1.42 bits per heavy atom. The molecular formula is C13H13ClN2O3. The van der Waals surface area contributed by atoms with Gasteiger partial charge in [-0.15, -0.1) is 0 Å². The highest BCUT2D eigenvalue weighted by molar-refractivity contribution is 6.30. The summed E-state index contributed by atoms with van der Waals surface area (Å²) in [5.74, 6) is -0.491. The van der Waals surface area contributed by atoms with E-state index in [1.807, 2.05) is 0 Å². The van der Waals surface area contributed by atoms with E-state index in [9.17, 15) is 9.59 Å². The number of hydrogen-bond donors (Lipinski definition) is 2. The fraction of sp³-hybridized carbons (Fsp3) is 0.231. The van der Waals surface area contributed by atoms with Crippen molar-refractivity contribution in [3.63, 3.8) is 0 Å². The molecule has 6 heteroatoms. The van der Waals surface area contributed by atoms with Crippen molar-refractivity contribution in [2.45, 2.75) is 13.0 Å². The van der Waals surface area contributed by atoms with Crippen LogP contribution in [0.1, 0.15) is 18.5 Å². The summed E-state index contributed by atoms with van der Waals surface area (Å²) in [4.78, 5) is 23.4. The monoisotopic (exact) mass is 280 g/mol. The van der Waals surface area contributed by atoms with Crippen molar-refractivity contribution in [3.8, 4) is 0 Å². The first-order valence-electron chi connectivity index (χ1n) is 5.65. The van der Waals surface area contributed by atoms with Crippen molar-refractivity contribution in [1.82, 2.24) is 10.6 Å². The number of ether oxygens (including phenoxy) is 1. The number of amides is 2. The molecule has 0 radical (unpaired) electrons. The number of benzene rings is 1. The minimum absolute atomic E-state index is 0.365. The fourth-order valence-electron chi connectivity index (χ4n) is 2.01. The van der Waals surface area contributed by atoms with Crippen molar-refractivity contribution in [1.29, 1.82) is 0 Å². The number of methoxy groups -OCH3 is 1. The molecule has 0 aliphatic carbocycles. The quantitative estimate of drug-likeness (QED) is 0.816. The van der Waals surface area contributed by atoms with Crippen molar-refractivity contribution < 1.29 is 14.3 Å². The third-order valence-corrected chi connectivity index (χ3v) is 3.09. The van der Waals surface area contributed by atoms with Gasteiger partial charge < -0.3 is 15.4 Å². The smallest absolute Gasteiger partial charge is 0.337 e. The van der Waals surface area contributed by atoms with Crippen molar-refractivity contribution >= 4 is 23.6 Å². The maximum atomic E-state index is 11.8. The average molecular weight is 281 g/mol. The van der Waals surface area contributed by atoms with E-state index < -0.39 is 12.0 Å². The van der Waals surface area contributed by atoms with Crippen LogP contribution in [0.15, 0.2) is 35.5 Å². The van der Waals surface area contributed by atoms with Crippen LogP contribution in [-0.4, -0.2) is 19.1 Å². The first-order valence-corrected chi connectivity index (χ1v) is 6.02. The van der Waals surface area contributed by atoms with E-state index in [2.05, 4.69) is 10.6 Å². The Kier molecular flexibility index (Phi) is 3.76. The van der Waals surface area contributed by atoms with Crippen LogP contribution in [0, 0.1) is 0 Å². The van der Waals surface area contributed by atoms with E-state index in [0.29, 0.717) is 16.3 Å². The molecule has 2 amide bonds. The predicted octanol–water partition coefficient (Wildman–Crippen LogP) is 2.14. The van der Waals surface area contributed by atoms with Crippen molar-refractivity contribution in [2.75, 3.05) is 7.11 Å². The molecular weight excluding hydrogens is 268 g/mol. The van der Waals surface area contributed by atoms with Gasteiger partial charge in [-0.2, -0.15) is 0 Å². The summed E-state index contributed by atoms with van der Waals surface area (Å²) in [6.45, 7) is 1.66. The zero-order chi connectivity index (χ0) is 14.0. The second kappa shape index (κ2) is 5.32. The van der Waals surface area contributed by atoms with E-state index in [1.165, 1.54) is 7.11 Å². The number of esters is 1. The first-order chi connectivity index (χ1) is 9.02. The highest BCUT2D eigenvalue weighted by Crippen LogP contribution is 2.28. The predicted molar refractivity (Wildman–Crippen MR) is 70.6 cm³/mol. The summed E-state index contributed by atoms with van der Waals surface area (Å²) in [7, 11) is 1.30. The molecule has 1 heterocycles. The van der Waals surface area contributed by atoms with Crippen LogP contribution in [0.25, 0.3) is 0 Å². The highest BCUT2D eigenvalue weighted by atomic mass is 35.5. The molecule has 0 fully saturated rings. The molecule has 100 valence electrons. The first kappa shape index (κ1) is 13.4. The Bertz CT molecular complexity index is 569. The molecule has 0 saturated heterocycles. The Balaban J connectivity index is 2.49. The summed E-state index contributed by atoms with van der Waals surface area (Å²) in [5, 5.41) is 5.78. The fourth-order valence-corrected chi connectivity index (χ4v) is 2.21. The van der Waals surface area contributed by atoms with Gasteiger partial charge in [-0.25, -0.2) is 9.59 Å². The van der Waals surface area contributed by atoms with Crippen LogP contribution in [0.3, 0.4) is 0 Å². The molecule has 2 rings (SSSR count). The van der Waals surface area contributed by atoms with Crippen LogP contribution in [-0.2, 0) is 9.53 Å². The number of hydrogen-bond acceptors (Lipinski definition) is 3. The van der Waals surface area contributed by atoms with Gasteiger partial charge in [0.1, 0.15) is 0 Å². The van der Waals surface area contributed by atoms with Gasteiger partial charge in [-0.05, 0) is 24.6 Å². The lowest BCUT2D eigenvalue weighted by Crippen LogP contribution is -2.45. The van der Waals surface area contributed by atoms with Gasteiger partial charge in [0, 0.05) is 10.7 Å². The molecule has 2 N–H and O–H groups in total. The summed E-state index contributed by atoms with van der Waals surface area (Å²) in [6.07, 6.45) is 0. The van der Waals surface area contributed by atoms with Crippen LogP contribution in [0.4, 0.5) is 4.79 Å². The number of halogens is 1. The molecule has 1 aromatic carbocycles. The van der Waals surface area contributed by atoms with Crippen LogP contribution < -0.4 is 10.6 Å². The molecule has 5 nitrogen and oxygen atoms in total. The van der Waals surface area contributed by atoms with E-state index in [-0.39, 0.29) is 6.03 Å². The lowest BCUT2D eigenvalue weighted by Gasteiger charge is -2.27. The molecule has 1 atom stereocenters. The molecule has 1 aromatic rings. The van der Waals surface area contributed by atoms with Crippen LogP contribution in [0.2, 0.25) is 5.02 Å². The number of allylic oxidation sites excluding steroid dienone is 1. The molecule has 0 bridgehead atoms. The largest absolute Gasteiger partial charge is 0.466 e. The number of urea groups is 1. The third-order valence-electron chi connectivity index (χ3n) is 2.86. The average Bonchev–Trinajstić information content (AvgIpc) is 2.37. The SMILES string of the molecule is COC(=O)C1=C(C)NC(=O)N[C@@H]1c1cccc(Cl)c1. The Morgan fingerprint density at radius 2 is 2.16 bits per heavy atom. The number of carbonyl (C=O) groups is 2. The zero-order valence-corrected chi connectivity index (χ0v) is 11.2.